The third kappa shape index (κ3) is 3.17. The summed E-state index contributed by atoms with van der Waals surface area (Å²) in [4.78, 5) is 11.4. The summed E-state index contributed by atoms with van der Waals surface area (Å²) in [7, 11) is 1.59. The molecule has 6 heteroatoms. The van der Waals surface area contributed by atoms with E-state index in [1.807, 2.05) is 12.1 Å². The fourth-order valence-corrected chi connectivity index (χ4v) is 3.25. The van der Waals surface area contributed by atoms with Crippen LogP contribution in [-0.4, -0.2) is 37.3 Å². The molecule has 1 fully saturated rings. The highest BCUT2D eigenvalue weighted by Gasteiger charge is 2.41. The zero-order valence-electron chi connectivity index (χ0n) is 14.1. The van der Waals surface area contributed by atoms with Crippen LogP contribution in [0.2, 0.25) is 0 Å². The van der Waals surface area contributed by atoms with Gasteiger partial charge >= 0.3 is 5.63 Å². The second kappa shape index (κ2) is 6.93. The van der Waals surface area contributed by atoms with E-state index in [0.29, 0.717) is 5.58 Å². The van der Waals surface area contributed by atoms with Crippen LogP contribution in [0, 0.1) is 11.8 Å². The average Bonchev–Trinajstić information content (AvgIpc) is 2.59. The first-order valence-corrected chi connectivity index (χ1v) is 8.13. The molecule has 1 aliphatic rings. The molecule has 2 heterocycles. The summed E-state index contributed by atoms with van der Waals surface area (Å²) in [5.74, 6) is 0.400. The number of methoxy groups -OCH3 is 1. The number of nitrogens with one attached hydrogen (secondary N) is 1. The number of aliphatic hydroxyl groups excluding tert-OH is 1. The van der Waals surface area contributed by atoms with Crippen molar-refractivity contribution in [3.05, 3.63) is 40.8 Å². The molecule has 0 radical (unpaired) electrons. The fraction of sp³-hybridized carbons (Fsp3) is 0.500. The summed E-state index contributed by atoms with van der Waals surface area (Å²) < 4.78 is 16.6. The predicted molar refractivity (Wildman–Crippen MR) is 91.0 cm³/mol. The van der Waals surface area contributed by atoms with Crippen molar-refractivity contribution in [3.63, 3.8) is 0 Å². The predicted octanol–water partition coefficient (Wildman–Crippen LogP) is 2.21. The van der Waals surface area contributed by atoms with Gasteiger partial charge in [-0.25, -0.2) is 4.79 Å². The number of aliphatic hydroxyl groups is 1. The summed E-state index contributed by atoms with van der Waals surface area (Å²) >= 11 is 0. The van der Waals surface area contributed by atoms with E-state index in [9.17, 15) is 9.90 Å². The summed E-state index contributed by atoms with van der Waals surface area (Å²) in [6.45, 7) is 4.14. The van der Waals surface area contributed by atoms with E-state index in [1.165, 1.54) is 6.07 Å². The van der Waals surface area contributed by atoms with Gasteiger partial charge in [0.2, 0.25) is 0 Å². The summed E-state index contributed by atoms with van der Waals surface area (Å²) in [6.07, 6.45) is -0.704. The third-order valence-corrected chi connectivity index (χ3v) is 4.95. The Kier molecular flexibility index (Phi) is 4.89. The molecular formula is C18H23NO5. The summed E-state index contributed by atoms with van der Waals surface area (Å²) in [5, 5.41) is 13.8. The number of hydrogen-bond acceptors (Lipinski definition) is 6. The van der Waals surface area contributed by atoms with Crippen LogP contribution >= 0.6 is 0 Å². The molecule has 0 amide bonds. The highest BCUT2D eigenvalue weighted by atomic mass is 16.7. The van der Waals surface area contributed by atoms with Crippen LogP contribution in [0.15, 0.2) is 39.5 Å². The molecule has 1 aromatic heterocycles. The van der Waals surface area contributed by atoms with Crippen LogP contribution < -0.4 is 10.9 Å². The maximum Gasteiger partial charge on any atom is 0.336 e. The Morgan fingerprint density at radius 2 is 1.96 bits per heavy atom. The summed E-state index contributed by atoms with van der Waals surface area (Å²) in [5.41, 5.74) is 0.990. The number of hydrogen-bond donors (Lipinski definition) is 2. The monoisotopic (exact) mass is 333 g/mol. The third-order valence-electron chi connectivity index (χ3n) is 4.95. The van der Waals surface area contributed by atoms with Crippen molar-refractivity contribution >= 4 is 16.7 Å². The van der Waals surface area contributed by atoms with Crippen molar-refractivity contribution in [1.82, 2.24) is 0 Å². The zero-order valence-corrected chi connectivity index (χ0v) is 14.1. The summed E-state index contributed by atoms with van der Waals surface area (Å²) in [6, 6.07) is 8.70. The minimum Gasteiger partial charge on any atom is -0.423 e. The van der Waals surface area contributed by atoms with Gasteiger partial charge in [0.15, 0.2) is 6.29 Å². The lowest BCUT2D eigenvalue weighted by Gasteiger charge is -2.44. The normalized spacial score (nSPS) is 30.4. The van der Waals surface area contributed by atoms with Crippen LogP contribution in [0.25, 0.3) is 11.0 Å². The van der Waals surface area contributed by atoms with E-state index >= 15 is 0 Å². The van der Waals surface area contributed by atoms with E-state index in [4.69, 9.17) is 13.9 Å². The molecule has 24 heavy (non-hydrogen) atoms. The van der Waals surface area contributed by atoms with E-state index in [0.717, 1.165) is 11.1 Å². The Bertz CT molecular complexity index is 756. The highest BCUT2D eigenvalue weighted by Crippen LogP contribution is 2.33. The van der Waals surface area contributed by atoms with Crippen LogP contribution in [0.5, 0.6) is 0 Å². The van der Waals surface area contributed by atoms with Gasteiger partial charge in [0.25, 0.3) is 0 Å². The topological polar surface area (TPSA) is 80.9 Å². The molecule has 1 saturated heterocycles. The number of ether oxygens (including phenoxy) is 2. The van der Waals surface area contributed by atoms with Gasteiger partial charge in [0.1, 0.15) is 5.58 Å². The van der Waals surface area contributed by atoms with Gasteiger partial charge in [0, 0.05) is 30.3 Å². The minimum atomic E-state index is -0.466. The van der Waals surface area contributed by atoms with Crippen LogP contribution in [-0.2, 0) is 9.47 Å². The first-order valence-electron chi connectivity index (χ1n) is 8.13. The van der Waals surface area contributed by atoms with Crippen molar-refractivity contribution in [1.29, 1.82) is 0 Å². The van der Waals surface area contributed by atoms with Gasteiger partial charge in [-0.1, -0.05) is 13.8 Å². The number of benzene rings is 1. The molecule has 2 unspecified atom stereocenters. The highest BCUT2D eigenvalue weighted by molar-refractivity contribution is 5.80. The van der Waals surface area contributed by atoms with Crippen molar-refractivity contribution in [2.24, 2.45) is 11.8 Å². The van der Waals surface area contributed by atoms with Crippen molar-refractivity contribution in [3.8, 4) is 0 Å². The average molecular weight is 333 g/mol. The zero-order chi connectivity index (χ0) is 17.3. The smallest absolute Gasteiger partial charge is 0.336 e. The van der Waals surface area contributed by atoms with Crippen LogP contribution in [0.4, 0.5) is 5.69 Å². The molecule has 130 valence electrons. The molecule has 0 aliphatic carbocycles. The molecule has 2 N–H and O–H groups in total. The molecule has 5 atom stereocenters. The standard InChI is InChI=1S/C18H23NO5/c1-10-11(2)17(18(22-3)24-15(10)9-20)19-13-6-4-12-5-7-16(21)23-14(12)8-13/h4-8,10-11,15,17-20H,9H2,1-3H3/t10-,11-,15?,17?,18-/m0/s1. The van der Waals surface area contributed by atoms with Gasteiger partial charge in [-0.05, 0) is 30.0 Å². The van der Waals surface area contributed by atoms with Gasteiger partial charge in [-0.3, -0.25) is 0 Å². The Morgan fingerprint density at radius 1 is 1.21 bits per heavy atom. The Balaban J connectivity index is 1.86. The van der Waals surface area contributed by atoms with E-state index in [-0.39, 0.29) is 36.2 Å². The van der Waals surface area contributed by atoms with E-state index in [1.54, 1.807) is 19.2 Å². The number of rotatable bonds is 4. The second-order valence-corrected chi connectivity index (χ2v) is 6.36. The van der Waals surface area contributed by atoms with Crippen molar-refractivity contribution < 1.29 is 19.0 Å². The maximum absolute atomic E-state index is 11.4. The Morgan fingerprint density at radius 3 is 2.67 bits per heavy atom. The van der Waals surface area contributed by atoms with Gasteiger partial charge in [0.05, 0.1) is 18.8 Å². The second-order valence-electron chi connectivity index (χ2n) is 6.36. The molecule has 1 aliphatic heterocycles. The van der Waals surface area contributed by atoms with E-state index in [2.05, 4.69) is 19.2 Å². The van der Waals surface area contributed by atoms with Gasteiger partial charge in [-0.15, -0.1) is 0 Å². The number of anilines is 1. The fourth-order valence-electron chi connectivity index (χ4n) is 3.25. The Labute approximate surface area is 140 Å². The minimum absolute atomic E-state index is 0.0286. The first kappa shape index (κ1) is 17.0. The van der Waals surface area contributed by atoms with Crippen LogP contribution in [0.3, 0.4) is 0 Å². The number of fused-ring (bicyclic) bond motifs is 1. The molecule has 3 rings (SSSR count). The quantitative estimate of drug-likeness (QED) is 0.835. The van der Waals surface area contributed by atoms with E-state index < -0.39 is 6.29 Å². The van der Waals surface area contributed by atoms with Crippen LogP contribution in [0.1, 0.15) is 13.8 Å². The molecule has 2 aromatic rings. The van der Waals surface area contributed by atoms with Gasteiger partial charge in [-0.2, -0.15) is 0 Å². The largest absolute Gasteiger partial charge is 0.423 e. The lowest BCUT2D eigenvalue weighted by Crippen LogP contribution is -2.54. The SMILES string of the molecule is CO[C@H]1OC(CO)[C@@H](C)[C@H](C)C1Nc1ccc2ccc(=O)oc2c1. The lowest BCUT2D eigenvalue weighted by molar-refractivity contribution is -0.223. The van der Waals surface area contributed by atoms with Crippen molar-refractivity contribution in [2.75, 3.05) is 19.0 Å². The maximum atomic E-state index is 11.4. The first-order chi connectivity index (χ1) is 11.5. The van der Waals surface area contributed by atoms with Gasteiger partial charge < -0.3 is 24.3 Å². The Hall–Kier alpha value is -1.89. The molecule has 0 bridgehead atoms. The van der Waals surface area contributed by atoms with Crippen molar-refractivity contribution in [2.45, 2.75) is 32.3 Å². The molecule has 1 aromatic carbocycles. The molecule has 0 spiro atoms. The molecule has 6 nitrogen and oxygen atoms in total. The lowest BCUT2D eigenvalue weighted by atomic mass is 9.82. The molecule has 0 saturated carbocycles. The molecular weight excluding hydrogens is 310 g/mol.